The van der Waals surface area contributed by atoms with Crippen LogP contribution in [0.4, 0.5) is 5.69 Å². The van der Waals surface area contributed by atoms with Crippen LogP contribution in [0.5, 0.6) is 0 Å². The minimum absolute atomic E-state index is 0.167. The molecule has 6 nitrogen and oxygen atoms in total. The molecule has 0 aliphatic heterocycles. The molecule has 1 aliphatic carbocycles. The number of carboxylic acid groups (broad SMARTS) is 1. The Labute approximate surface area is 160 Å². The molecule has 0 saturated heterocycles. The molecule has 0 amide bonds. The van der Waals surface area contributed by atoms with E-state index in [-0.39, 0.29) is 28.5 Å². The monoisotopic (exact) mass is 382 g/mol. The number of nitrogens with zero attached hydrogens (tertiary/aromatic N) is 1. The molecule has 1 aromatic heterocycles. The molecule has 27 heavy (non-hydrogen) atoms. The fourth-order valence-corrected chi connectivity index (χ4v) is 3.66. The number of carbonyl (C=O) groups is 3. The van der Waals surface area contributed by atoms with Crippen molar-refractivity contribution in [3.8, 4) is 0 Å². The van der Waals surface area contributed by atoms with Gasteiger partial charge in [-0.05, 0) is 42.5 Å². The number of Topliss-reactive ketones (excluding diaryl/α,β-unsaturated/α-hetero) is 2. The van der Waals surface area contributed by atoms with Gasteiger partial charge in [0.25, 0.3) is 0 Å². The van der Waals surface area contributed by atoms with Gasteiger partial charge < -0.3 is 10.4 Å². The van der Waals surface area contributed by atoms with Crippen molar-refractivity contribution in [2.45, 2.75) is 19.3 Å². The average Bonchev–Trinajstić information content (AvgIpc) is 2.68. The zero-order valence-corrected chi connectivity index (χ0v) is 15.7. The molecule has 7 heteroatoms. The van der Waals surface area contributed by atoms with Gasteiger partial charge in [0.05, 0.1) is 16.4 Å². The predicted octanol–water partition coefficient (Wildman–Crippen LogP) is 3.73. The summed E-state index contributed by atoms with van der Waals surface area (Å²) in [6.45, 7) is 1.82. The Kier molecular flexibility index (Phi) is 5.41. The van der Waals surface area contributed by atoms with Gasteiger partial charge in [0, 0.05) is 11.9 Å². The van der Waals surface area contributed by atoms with Gasteiger partial charge in [-0.15, -0.1) is 11.8 Å². The summed E-state index contributed by atoms with van der Waals surface area (Å²) in [7, 11) is 0. The van der Waals surface area contributed by atoms with Gasteiger partial charge >= 0.3 is 5.97 Å². The van der Waals surface area contributed by atoms with E-state index in [1.54, 1.807) is 42.7 Å². The van der Waals surface area contributed by atoms with E-state index in [2.05, 4.69) is 10.3 Å². The van der Waals surface area contributed by atoms with Gasteiger partial charge in [0.2, 0.25) is 11.6 Å². The van der Waals surface area contributed by atoms with Crippen LogP contribution < -0.4 is 5.32 Å². The molecular weight excluding hydrogens is 364 g/mol. The van der Waals surface area contributed by atoms with Gasteiger partial charge in [-0.2, -0.15) is 0 Å². The van der Waals surface area contributed by atoms with E-state index >= 15 is 0 Å². The molecule has 2 N–H and O–H groups in total. The van der Waals surface area contributed by atoms with Crippen molar-refractivity contribution in [3.05, 3.63) is 70.0 Å². The van der Waals surface area contributed by atoms with Crippen molar-refractivity contribution in [2.75, 3.05) is 11.6 Å². The highest BCUT2D eigenvalue weighted by Gasteiger charge is 2.33. The molecule has 0 spiro atoms. The Morgan fingerprint density at radius 2 is 1.89 bits per heavy atom. The zero-order chi connectivity index (χ0) is 19.6. The number of fused-ring (bicyclic) bond motifs is 1. The number of benzene rings is 1. The van der Waals surface area contributed by atoms with Crippen LogP contribution in [0, 0.1) is 0 Å². The number of carbonyl (C=O) groups excluding carboxylic acids is 2. The van der Waals surface area contributed by atoms with Crippen molar-refractivity contribution in [2.24, 2.45) is 0 Å². The first-order chi connectivity index (χ1) is 13.0. The largest absolute Gasteiger partial charge is 0.481 e. The first kappa shape index (κ1) is 18.8. The highest BCUT2D eigenvalue weighted by molar-refractivity contribution is 8.03. The average molecular weight is 382 g/mol. The van der Waals surface area contributed by atoms with Gasteiger partial charge in [-0.1, -0.05) is 19.1 Å². The minimum Gasteiger partial charge on any atom is -0.481 e. The highest BCUT2D eigenvalue weighted by Crippen LogP contribution is 2.31. The second kappa shape index (κ2) is 7.75. The third-order valence-electron chi connectivity index (χ3n) is 4.42. The minimum atomic E-state index is -0.872. The molecule has 1 unspecified atom stereocenters. The first-order valence-corrected chi connectivity index (χ1v) is 9.62. The van der Waals surface area contributed by atoms with Crippen LogP contribution in [0.2, 0.25) is 0 Å². The summed E-state index contributed by atoms with van der Waals surface area (Å²) < 4.78 is 0. The molecule has 0 fully saturated rings. The van der Waals surface area contributed by atoms with E-state index in [1.807, 2.05) is 6.92 Å². The number of aromatic nitrogens is 1. The molecule has 1 aromatic carbocycles. The smallest absolute Gasteiger partial charge is 0.310 e. The van der Waals surface area contributed by atoms with Crippen molar-refractivity contribution in [1.82, 2.24) is 4.98 Å². The topological polar surface area (TPSA) is 96.4 Å². The van der Waals surface area contributed by atoms with Crippen LogP contribution in [-0.2, 0) is 4.79 Å². The van der Waals surface area contributed by atoms with E-state index in [0.717, 1.165) is 0 Å². The van der Waals surface area contributed by atoms with Crippen molar-refractivity contribution in [1.29, 1.82) is 0 Å². The predicted molar refractivity (Wildman–Crippen MR) is 104 cm³/mol. The molecular formula is C20H18N2O4S. The molecule has 0 radical (unpaired) electrons. The molecule has 3 rings (SSSR count). The number of allylic oxidation sites excluding steroid dienone is 2. The quantitative estimate of drug-likeness (QED) is 0.786. The molecule has 138 valence electrons. The number of pyridine rings is 1. The summed E-state index contributed by atoms with van der Waals surface area (Å²) in [4.78, 5) is 41.2. The maximum absolute atomic E-state index is 12.8. The maximum Gasteiger partial charge on any atom is 0.310 e. The third-order valence-corrected chi connectivity index (χ3v) is 5.22. The number of carboxylic acids is 1. The van der Waals surface area contributed by atoms with Crippen LogP contribution >= 0.6 is 11.8 Å². The van der Waals surface area contributed by atoms with Crippen LogP contribution in [0.3, 0.4) is 0 Å². The van der Waals surface area contributed by atoms with Crippen molar-refractivity contribution < 1.29 is 19.5 Å². The van der Waals surface area contributed by atoms with Gasteiger partial charge in [0.1, 0.15) is 11.4 Å². The van der Waals surface area contributed by atoms with E-state index in [9.17, 15) is 19.5 Å². The van der Waals surface area contributed by atoms with Crippen molar-refractivity contribution in [3.63, 3.8) is 0 Å². The Morgan fingerprint density at radius 3 is 2.48 bits per heavy atom. The van der Waals surface area contributed by atoms with Crippen LogP contribution in [0.1, 0.15) is 45.7 Å². The molecule has 2 aromatic rings. The maximum atomic E-state index is 12.8. The van der Waals surface area contributed by atoms with Crippen molar-refractivity contribution >= 4 is 35.0 Å². The number of rotatable bonds is 6. The Hall–Kier alpha value is -2.93. The number of thioether (sulfide) groups is 1. The van der Waals surface area contributed by atoms with Gasteiger partial charge in [0.15, 0.2) is 0 Å². The number of anilines is 1. The second-order valence-electron chi connectivity index (χ2n) is 6.01. The fraction of sp³-hybridized carbons (Fsp3) is 0.200. The second-order valence-corrected chi connectivity index (χ2v) is 6.83. The van der Waals surface area contributed by atoms with Crippen LogP contribution in [0.25, 0.3) is 0 Å². The van der Waals surface area contributed by atoms with Gasteiger partial charge in [-0.3, -0.25) is 19.4 Å². The summed E-state index contributed by atoms with van der Waals surface area (Å²) in [5.74, 6) is -2.02. The Bertz CT molecular complexity index is 951. The highest BCUT2D eigenvalue weighted by atomic mass is 32.2. The summed E-state index contributed by atoms with van der Waals surface area (Å²) in [5, 5.41) is 12.3. The molecule has 0 saturated carbocycles. The van der Waals surface area contributed by atoms with E-state index in [4.69, 9.17) is 0 Å². The Balaban J connectivity index is 1.93. The van der Waals surface area contributed by atoms with Gasteiger partial charge in [-0.25, -0.2) is 0 Å². The molecule has 1 heterocycles. The Morgan fingerprint density at radius 1 is 1.19 bits per heavy atom. The number of aliphatic carboxylic acids is 1. The fourth-order valence-electron chi connectivity index (χ4n) is 3.03. The third kappa shape index (κ3) is 3.50. The van der Waals surface area contributed by atoms with E-state index < -0.39 is 11.9 Å². The standard InChI is InChI=1S/C20H18N2O4S/c1-3-13(20(25)26)11-6-8-12(9-7-11)22-16-17(23)14-5-4-10-21-15(14)18(24)19(16)27-2/h4-10,13,22H,3H2,1-2H3,(H,25,26). The van der Waals surface area contributed by atoms with E-state index in [1.165, 1.54) is 18.0 Å². The lowest BCUT2D eigenvalue weighted by atomic mass is 9.95. The van der Waals surface area contributed by atoms with Crippen LogP contribution in [0.15, 0.2) is 53.2 Å². The molecule has 1 aliphatic rings. The summed E-state index contributed by atoms with van der Waals surface area (Å²) in [6.07, 6.45) is 3.71. The number of nitrogens with one attached hydrogen (secondary N) is 1. The number of hydrogen-bond acceptors (Lipinski definition) is 6. The molecule has 1 atom stereocenters. The zero-order valence-electron chi connectivity index (χ0n) is 14.9. The van der Waals surface area contributed by atoms with Crippen LogP contribution in [-0.4, -0.2) is 33.9 Å². The normalized spacial score (nSPS) is 14.7. The SMILES string of the molecule is CCC(C(=O)O)c1ccc(NC2=C(SC)C(=O)c3ncccc3C2=O)cc1. The summed E-state index contributed by atoms with van der Waals surface area (Å²) >= 11 is 1.19. The first-order valence-electron chi connectivity index (χ1n) is 8.40. The lowest BCUT2D eigenvalue weighted by molar-refractivity contribution is -0.138. The lowest BCUT2D eigenvalue weighted by Gasteiger charge is -2.20. The summed E-state index contributed by atoms with van der Waals surface area (Å²) in [5.41, 5.74) is 1.95. The van der Waals surface area contributed by atoms with E-state index in [0.29, 0.717) is 22.6 Å². The summed E-state index contributed by atoms with van der Waals surface area (Å²) in [6, 6.07) is 10.1. The number of hydrogen-bond donors (Lipinski definition) is 2. The lowest BCUT2D eigenvalue weighted by Crippen LogP contribution is -2.26. The number of ketones is 2. The molecule has 0 bridgehead atoms.